The Hall–Kier alpha value is -2.67. The van der Waals surface area contributed by atoms with Gasteiger partial charge in [0.05, 0.1) is 18.9 Å². The summed E-state index contributed by atoms with van der Waals surface area (Å²) in [6.07, 6.45) is -0.529. The molecule has 3 aromatic rings. The van der Waals surface area contributed by atoms with Crippen LogP contribution in [0.25, 0.3) is 10.2 Å². The number of nitrogens with one attached hydrogen (secondary N) is 1. The summed E-state index contributed by atoms with van der Waals surface area (Å²) in [5.74, 6) is 0.637. The summed E-state index contributed by atoms with van der Waals surface area (Å²) < 4.78 is 10.6. The predicted octanol–water partition coefficient (Wildman–Crippen LogP) is 3.46. The highest BCUT2D eigenvalue weighted by atomic mass is 32.1. The van der Waals surface area contributed by atoms with E-state index in [-0.39, 0.29) is 12.0 Å². The topological polar surface area (TPSA) is 81.3 Å². The van der Waals surface area contributed by atoms with Crippen molar-refractivity contribution in [3.63, 3.8) is 0 Å². The highest BCUT2D eigenvalue weighted by Gasteiger charge is 2.18. The minimum atomic E-state index is -0.645. The Bertz CT molecular complexity index is 1020. The lowest BCUT2D eigenvalue weighted by Gasteiger charge is -2.13. The van der Waals surface area contributed by atoms with Gasteiger partial charge in [0.15, 0.2) is 11.9 Å². The van der Waals surface area contributed by atoms with Crippen molar-refractivity contribution in [2.75, 3.05) is 7.11 Å². The van der Waals surface area contributed by atoms with E-state index in [1.807, 2.05) is 32.0 Å². The number of fused-ring (bicyclic) bond motifs is 1. The number of aromatic amines is 1. The zero-order valence-corrected chi connectivity index (χ0v) is 15.9. The summed E-state index contributed by atoms with van der Waals surface area (Å²) >= 11 is 1.46. The number of thiophene rings is 1. The quantitative estimate of drug-likeness (QED) is 0.694. The molecule has 0 amide bonds. The van der Waals surface area contributed by atoms with Gasteiger partial charge in [0.25, 0.3) is 5.56 Å². The highest BCUT2D eigenvalue weighted by Crippen LogP contribution is 2.27. The first kappa shape index (κ1) is 18.1. The number of H-pyrrole nitrogens is 1. The molecule has 0 aliphatic rings. The van der Waals surface area contributed by atoms with Crippen LogP contribution in [-0.2, 0) is 16.0 Å². The molecule has 2 heterocycles. The van der Waals surface area contributed by atoms with Gasteiger partial charge >= 0.3 is 5.97 Å². The van der Waals surface area contributed by atoms with E-state index in [2.05, 4.69) is 9.97 Å². The second-order valence-electron chi connectivity index (χ2n) is 6.07. The average molecular weight is 372 g/mol. The first-order chi connectivity index (χ1) is 12.4. The molecule has 0 aliphatic carbocycles. The van der Waals surface area contributed by atoms with Crippen molar-refractivity contribution in [1.82, 2.24) is 9.97 Å². The van der Waals surface area contributed by atoms with Crippen LogP contribution in [0.3, 0.4) is 0 Å². The predicted molar refractivity (Wildman–Crippen MR) is 101 cm³/mol. The number of aryl methyl sites for hydroxylation is 2. The van der Waals surface area contributed by atoms with Gasteiger partial charge in [-0.25, -0.2) is 4.98 Å². The van der Waals surface area contributed by atoms with E-state index in [1.165, 1.54) is 11.3 Å². The van der Waals surface area contributed by atoms with Crippen molar-refractivity contribution < 1.29 is 14.3 Å². The largest absolute Gasteiger partial charge is 0.497 e. The maximum Gasteiger partial charge on any atom is 0.310 e. The normalized spacial score (nSPS) is 12.2. The van der Waals surface area contributed by atoms with E-state index < -0.39 is 12.1 Å². The van der Waals surface area contributed by atoms with E-state index in [0.717, 1.165) is 16.0 Å². The van der Waals surface area contributed by atoms with Gasteiger partial charge in [0, 0.05) is 4.88 Å². The van der Waals surface area contributed by atoms with E-state index in [0.29, 0.717) is 21.8 Å². The molecule has 7 heteroatoms. The Morgan fingerprint density at radius 1 is 1.35 bits per heavy atom. The zero-order chi connectivity index (χ0) is 18.8. The Morgan fingerprint density at radius 3 is 2.85 bits per heavy atom. The standard InChI is InChI=1S/C19H20N2O4S/c1-10-12(3)26-19-16(10)18(23)20-17(21-19)11(2)25-15(22)9-13-6-5-7-14(8-13)24-4/h5-8,11H,9H2,1-4H3,(H,20,21,23)/t11-/m1/s1. The minimum Gasteiger partial charge on any atom is -0.497 e. The van der Waals surface area contributed by atoms with Gasteiger partial charge in [0.2, 0.25) is 0 Å². The van der Waals surface area contributed by atoms with Crippen LogP contribution in [0.4, 0.5) is 0 Å². The van der Waals surface area contributed by atoms with Crippen molar-refractivity contribution in [3.05, 3.63) is 56.4 Å². The molecule has 26 heavy (non-hydrogen) atoms. The average Bonchev–Trinajstić information content (AvgIpc) is 2.89. The lowest BCUT2D eigenvalue weighted by atomic mass is 10.1. The molecule has 136 valence electrons. The van der Waals surface area contributed by atoms with Crippen LogP contribution >= 0.6 is 11.3 Å². The molecule has 0 saturated heterocycles. The fraction of sp³-hybridized carbons (Fsp3) is 0.316. The van der Waals surface area contributed by atoms with Crippen LogP contribution < -0.4 is 10.3 Å². The lowest BCUT2D eigenvalue weighted by Crippen LogP contribution is -2.18. The second kappa shape index (κ2) is 7.29. The first-order valence-electron chi connectivity index (χ1n) is 8.21. The molecule has 0 saturated carbocycles. The SMILES string of the molecule is COc1cccc(CC(=O)O[C@H](C)c2nc3sc(C)c(C)c3c(=O)[nH]2)c1. The van der Waals surface area contributed by atoms with Crippen LogP contribution in [0, 0.1) is 13.8 Å². The Kier molecular flexibility index (Phi) is 5.08. The van der Waals surface area contributed by atoms with Crippen molar-refractivity contribution in [3.8, 4) is 5.75 Å². The van der Waals surface area contributed by atoms with Gasteiger partial charge in [-0.2, -0.15) is 0 Å². The van der Waals surface area contributed by atoms with Gasteiger partial charge in [-0.05, 0) is 44.0 Å². The molecule has 0 unspecified atom stereocenters. The fourth-order valence-corrected chi connectivity index (χ4v) is 3.74. The van der Waals surface area contributed by atoms with Crippen LogP contribution in [0.5, 0.6) is 5.75 Å². The minimum absolute atomic E-state index is 0.116. The van der Waals surface area contributed by atoms with E-state index in [9.17, 15) is 9.59 Å². The Labute approximate surface area is 154 Å². The zero-order valence-electron chi connectivity index (χ0n) is 15.1. The third kappa shape index (κ3) is 3.62. The number of aromatic nitrogens is 2. The third-order valence-corrected chi connectivity index (χ3v) is 5.33. The molecular weight excluding hydrogens is 352 g/mol. The number of benzene rings is 1. The number of rotatable bonds is 5. The lowest BCUT2D eigenvalue weighted by molar-refractivity contribution is -0.148. The maximum atomic E-state index is 12.3. The number of ether oxygens (including phenoxy) is 2. The van der Waals surface area contributed by atoms with Crippen molar-refractivity contribution in [2.24, 2.45) is 0 Å². The van der Waals surface area contributed by atoms with Crippen LogP contribution in [0.1, 0.15) is 34.9 Å². The number of hydrogen-bond donors (Lipinski definition) is 1. The van der Waals surface area contributed by atoms with Gasteiger partial charge in [-0.1, -0.05) is 12.1 Å². The van der Waals surface area contributed by atoms with Crippen LogP contribution in [0.2, 0.25) is 0 Å². The number of carbonyl (C=O) groups excluding carboxylic acids is 1. The number of esters is 1. The first-order valence-corrected chi connectivity index (χ1v) is 9.03. The number of hydrogen-bond acceptors (Lipinski definition) is 6. The van der Waals surface area contributed by atoms with Gasteiger partial charge in [-0.3, -0.25) is 9.59 Å². The molecule has 0 bridgehead atoms. The Balaban J connectivity index is 1.77. The molecule has 1 N–H and O–H groups in total. The van der Waals surface area contributed by atoms with Crippen LogP contribution in [0.15, 0.2) is 29.1 Å². The molecule has 0 aliphatic heterocycles. The summed E-state index contributed by atoms with van der Waals surface area (Å²) in [5.41, 5.74) is 1.53. The van der Waals surface area contributed by atoms with E-state index in [1.54, 1.807) is 20.1 Å². The van der Waals surface area contributed by atoms with Crippen molar-refractivity contribution in [1.29, 1.82) is 0 Å². The van der Waals surface area contributed by atoms with E-state index in [4.69, 9.17) is 9.47 Å². The number of methoxy groups -OCH3 is 1. The van der Waals surface area contributed by atoms with Gasteiger partial charge in [-0.15, -0.1) is 11.3 Å². The molecule has 0 spiro atoms. The van der Waals surface area contributed by atoms with Crippen LogP contribution in [-0.4, -0.2) is 23.0 Å². The molecule has 6 nitrogen and oxygen atoms in total. The second-order valence-corrected chi connectivity index (χ2v) is 7.28. The van der Waals surface area contributed by atoms with Crippen molar-refractivity contribution in [2.45, 2.75) is 33.3 Å². The summed E-state index contributed by atoms with van der Waals surface area (Å²) in [6, 6.07) is 7.25. The molecular formula is C19H20N2O4S. The number of carbonyl (C=O) groups is 1. The monoisotopic (exact) mass is 372 g/mol. The van der Waals surface area contributed by atoms with E-state index >= 15 is 0 Å². The molecule has 3 rings (SSSR count). The number of nitrogens with zero attached hydrogens (tertiary/aromatic N) is 1. The molecule has 0 fully saturated rings. The summed E-state index contributed by atoms with van der Waals surface area (Å²) in [7, 11) is 1.58. The maximum absolute atomic E-state index is 12.3. The van der Waals surface area contributed by atoms with Crippen molar-refractivity contribution >= 4 is 27.5 Å². The smallest absolute Gasteiger partial charge is 0.310 e. The summed E-state index contributed by atoms with van der Waals surface area (Å²) in [6.45, 7) is 5.56. The molecule has 2 aromatic heterocycles. The Morgan fingerprint density at radius 2 is 2.12 bits per heavy atom. The molecule has 1 aromatic carbocycles. The molecule has 0 radical (unpaired) electrons. The summed E-state index contributed by atoms with van der Waals surface area (Å²) in [5, 5.41) is 0.603. The highest BCUT2D eigenvalue weighted by molar-refractivity contribution is 7.18. The van der Waals surface area contributed by atoms with Gasteiger partial charge < -0.3 is 14.5 Å². The summed E-state index contributed by atoms with van der Waals surface area (Å²) in [4.78, 5) is 33.5. The third-order valence-electron chi connectivity index (χ3n) is 4.23. The molecule has 1 atom stereocenters. The fourth-order valence-electron chi connectivity index (χ4n) is 2.71. The van der Waals surface area contributed by atoms with Gasteiger partial charge in [0.1, 0.15) is 10.6 Å².